The Kier molecular flexibility index (Phi) is 7.01. The summed E-state index contributed by atoms with van der Waals surface area (Å²) in [4.78, 5) is 42.3. The minimum atomic E-state index is -0.958. The lowest BCUT2D eigenvalue weighted by atomic mass is 10.1. The number of carbonyl (C=O) groups is 3. The van der Waals surface area contributed by atoms with Gasteiger partial charge in [0.15, 0.2) is 11.5 Å². The summed E-state index contributed by atoms with van der Waals surface area (Å²) in [6.07, 6.45) is -0.172. The van der Waals surface area contributed by atoms with Crippen LogP contribution in [0.25, 0.3) is 0 Å². The monoisotopic (exact) mass is 473 g/mol. The maximum Gasteiger partial charge on any atom is 0.332 e. The first-order valence-electron chi connectivity index (χ1n) is 11.2. The molecule has 0 bridgehead atoms. The van der Waals surface area contributed by atoms with E-state index in [0.29, 0.717) is 22.9 Å². The predicted octanol–water partition coefficient (Wildman–Crippen LogP) is 4.38. The van der Waals surface area contributed by atoms with Crippen molar-refractivity contribution in [2.24, 2.45) is 0 Å². The highest BCUT2D eigenvalue weighted by Gasteiger charge is 2.46. The number of imide groups is 1. The smallest absolute Gasteiger partial charge is 0.332 e. The number of aryl methyl sites for hydroxylation is 1. The fourth-order valence-corrected chi connectivity index (χ4v) is 4.03. The molecule has 0 aromatic heterocycles. The van der Waals surface area contributed by atoms with Crippen molar-refractivity contribution < 1.29 is 23.9 Å². The van der Waals surface area contributed by atoms with Gasteiger partial charge < -0.3 is 19.7 Å². The normalized spacial score (nSPS) is 15.3. The molecule has 3 aromatic carbocycles. The first-order chi connectivity index (χ1) is 16.9. The largest absolute Gasteiger partial charge is 0.493 e. The van der Waals surface area contributed by atoms with Crippen molar-refractivity contribution in [1.29, 1.82) is 0 Å². The highest BCUT2D eigenvalue weighted by atomic mass is 16.5. The van der Waals surface area contributed by atoms with E-state index in [4.69, 9.17) is 9.47 Å². The first kappa shape index (κ1) is 23.8. The highest BCUT2D eigenvalue weighted by molar-refractivity contribution is 6.22. The maximum absolute atomic E-state index is 13.5. The molecule has 1 heterocycles. The van der Waals surface area contributed by atoms with Gasteiger partial charge in [0.1, 0.15) is 6.04 Å². The van der Waals surface area contributed by atoms with Crippen LogP contribution in [0.5, 0.6) is 11.5 Å². The number of ether oxygens (including phenoxy) is 2. The molecule has 0 radical (unpaired) electrons. The molecule has 180 valence electrons. The highest BCUT2D eigenvalue weighted by Crippen LogP contribution is 2.32. The van der Waals surface area contributed by atoms with Gasteiger partial charge >= 0.3 is 6.03 Å². The second-order valence-corrected chi connectivity index (χ2v) is 8.24. The van der Waals surface area contributed by atoms with Gasteiger partial charge in [-0.25, -0.2) is 9.69 Å². The number of carbonyl (C=O) groups excluding carboxylic acids is 3. The number of hydrogen-bond acceptors (Lipinski definition) is 5. The molecule has 8 heteroatoms. The van der Waals surface area contributed by atoms with E-state index in [9.17, 15) is 14.4 Å². The molecule has 0 spiro atoms. The van der Waals surface area contributed by atoms with E-state index < -0.39 is 18.0 Å². The molecule has 1 saturated heterocycles. The molecule has 1 aliphatic heterocycles. The predicted molar refractivity (Wildman–Crippen MR) is 133 cm³/mol. The van der Waals surface area contributed by atoms with Crippen LogP contribution in [0.3, 0.4) is 0 Å². The molecule has 1 N–H and O–H groups in total. The topological polar surface area (TPSA) is 88.2 Å². The van der Waals surface area contributed by atoms with Crippen LogP contribution in [0.1, 0.15) is 17.5 Å². The second kappa shape index (κ2) is 10.3. The Morgan fingerprint density at radius 2 is 1.60 bits per heavy atom. The number of benzene rings is 3. The van der Waals surface area contributed by atoms with Gasteiger partial charge in [-0.15, -0.1) is 0 Å². The molecule has 1 fully saturated rings. The van der Waals surface area contributed by atoms with E-state index in [1.165, 1.54) is 12.0 Å². The Labute approximate surface area is 204 Å². The summed E-state index contributed by atoms with van der Waals surface area (Å²) >= 11 is 0. The average Bonchev–Trinajstić information content (AvgIpc) is 3.09. The van der Waals surface area contributed by atoms with Crippen molar-refractivity contribution in [3.05, 3.63) is 83.9 Å². The summed E-state index contributed by atoms with van der Waals surface area (Å²) in [5.41, 5.74) is 2.84. The molecule has 4 rings (SSSR count). The Balaban J connectivity index is 1.63. The van der Waals surface area contributed by atoms with Crippen molar-refractivity contribution in [2.45, 2.75) is 25.9 Å². The summed E-state index contributed by atoms with van der Waals surface area (Å²) < 4.78 is 10.7. The van der Waals surface area contributed by atoms with Gasteiger partial charge in [0.05, 0.1) is 26.3 Å². The maximum atomic E-state index is 13.5. The zero-order valence-electron chi connectivity index (χ0n) is 19.9. The lowest BCUT2D eigenvalue weighted by Crippen LogP contribution is -2.37. The lowest BCUT2D eigenvalue weighted by molar-refractivity contribution is -0.124. The Morgan fingerprint density at radius 1 is 0.914 bits per heavy atom. The first-order valence-corrected chi connectivity index (χ1v) is 11.2. The second-order valence-electron chi connectivity index (χ2n) is 8.24. The molecule has 35 heavy (non-hydrogen) atoms. The number of anilines is 2. The van der Waals surface area contributed by atoms with E-state index >= 15 is 0 Å². The molecule has 8 nitrogen and oxygen atoms in total. The lowest BCUT2D eigenvalue weighted by Gasteiger charge is -2.22. The zero-order valence-corrected chi connectivity index (χ0v) is 19.9. The minimum Gasteiger partial charge on any atom is -0.493 e. The van der Waals surface area contributed by atoms with Gasteiger partial charge in [0.25, 0.3) is 5.91 Å². The Hall–Kier alpha value is -4.33. The van der Waals surface area contributed by atoms with Crippen molar-refractivity contribution in [2.75, 3.05) is 24.4 Å². The molecule has 4 amide bonds. The van der Waals surface area contributed by atoms with Crippen molar-refractivity contribution in [3.8, 4) is 11.5 Å². The van der Waals surface area contributed by atoms with Crippen LogP contribution in [-0.2, 0) is 16.1 Å². The third-order valence-electron chi connectivity index (χ3n) is 5.85. The molecule has 0 saturated carbocycles. The fourth-order valence-electron chi connectivity index (χ4n) is 4.03. The van der Waals surface area contributed by atoms with Crippen LogP contribution in [0.2, 0.25) is 0 Å². The van der Waals surface area contributed by atoms with Gasteiger partial charge in [-0.1, -0.05) is 42.0 Å². The van der Waals surface area contributed by atoms with Crippen LogP contribution in [-0.4, -0.2) is 43.0 Å². The van der Waals surface area contributed by atoms with Crippen LogP contribution >= 0.6 is 0 Å². The minimum absolute atomic E-state index is 0.122. The van der Waals surface area contributed by atoms with Gasteiger partial charge in [-0.3, -0.25) is 9.59 Å². The SMILES string of the molecule is COc1ccc(CN2C(=O)N(c3ccc(C)cc3)C(=O)[C@@H]2CC(=O)Nc2ccccc2)cc1OC. The van der Waals surface area contributed by atoms with Crippen LogP contribution in [0.4, 0.5) is 16.2 Å². The van der Waals surface area contributed by atoms with E-state index in [1.54, 1.807) is 49.6 Å². The van der Waals surface area contributed by atoms with Gasteiger partial charge in [0.2, 0.25) is 5.91 Å². The summed E-state index contributed by atoms with van der Waals surface area (Å²) in [6, 6.07) is 20.0. The number of urea groups is 1. The summed E-state index contributed by atoms with van der Waals surface area (Å²) in [6.45, 7) is 2.05. The Bertz CT molecular complexity index is 1230. The molecular formula is C27H27N3O5. The molecule has 0 aliphatic carbocycles. The van der Waals surface area contributed by atoms with Gasteiger partial charge in [0, 0.05) is 12.2 Å². The number of amides is 4. The molecule has 0 unspecified atom stereocenters. The van der Waals surface area contributed by atoms with Gasteiger partial charge in [-0.2, -0.15) is 0 Å². The van der Waals surface area contributed by atoms with E-state index in [0.717, 1.165) is 16.0 Å². The van der Waals surface area contributed by atoms with Gasteiger partial charge in [-0.05, 0) is 48.9 Å². The average molecular weight is 474 g/mol. The van der Waals surface area contributed by atoms with E-state index in [1.807, 2.05) is 37.3 Å². The third-order valence-corrected chi connectivity index (χ3v) is 5.85. The number of methoxy groups -OCH3 is 2. The van der Waals surface area contributed by atoms with E-state index in [2.05, 4.69) is 5.32 Å². The standard InChI is InChI=1S/C27H27N3O5/c1-18-9-12-21(13-10-18)30-26(32)22(16-25(31)28-20-7-5-4-6-8-20)29(27(30)33)17-19-11-14-23(34-2)24(15-19)35-3/h4-15,22H,16-17H2,1-3H3,(H,28,31)/t22-/m0/s1. The summed E-state index contributed by atoms with van der Waals surface area (Å²) in [5.74, 6) is 0.268. The quantitative estimate of drug-likeness (QED) is 0.491. The third kappa shape index (κ3) is 5.11. The Morgan fingerprint density at radius 3 is 2.26 bits per heavy atom. The van der Waals surface area contributed by atoms with E-state index in [-0.39, 0.29) is 18.9 Å². The van der Waals surface area contributed by atoms with Crippen LogP contribution in [0, 0.1) is 6.92 Å². The molecule has 3 aromatic rings. The molecular weight excluding hydrogens is 446 g/mol. The number of nitrogens with one attached hydrogen (secondary N) is 1. The van der Waals surface area contributed by atoms with Crippen LogP contribution < -0.4 is 19.7 Å². The van der Waals surface area contributed by atoms with Crippen molar-refractivity contribution in [1.82, 2.24) is 4.90 Å². The number of rotatable bonds is 8. The summed E-state index contributed by atoms with van der Waals surface area (Å²) in [5, 5.41) is 2.80. The molecule has 1 aliphatic rings. The fraction of sp³-hybridized carbons (Fsp3) is 0.222. The molecule has 1 atom stereocenters. The summed E-state index contributed by atoms with van der Waals surface area (Å²) in [7, 11) is 3.07. The van der Waals surface area contributed by atoms with Crippen LogP contribution in [0.15, 0.2) is 72.8 Å². The number of hydrogen-bond donors (Lipinski definition) is 1. The number of nitrogens with zero attached hydrogens (tertiary/aromatic N) is 2. The zero-order chi connectivity index (χ0) is 24.9. The number of para-hydroxylation sites is 1. The van der Waals surface area contributed by atoms with Crippen molar-refractivity contribution in [3.63, 3.8) is 0 Å². The van der Waals surface area contributed by atoms with Crippen molar-refractivity contribution >= 4 is 29.2 Å².